The molecule has 2 rings (SSSR count). The Morgan fingerprint density at radius 1 is 1.30 bits per heavy atom. The Balaban J connectivity index is 2.35. The highest BCUT2D eigenvalue weighted by atomic mass is 32.2. The van der Waals surface area contributed by atoms with Crippen LogP contribution < -0.4 is 0 Å². The molecule has 0 saturated carbocycles. The van der Waals surface area contributed by atoms with Crippen molar-refractivity contribution in [1.82, 2.24) is 14.1 Å². The third-order valence-electron chi connectivity index (χ3n) is 3.34. The first-order chi connectivity index (χ1) is 10.8. The van der Waals surface area contributed by atoms with Crippen molar-refractivity contribution in [3.05, 3.63) is 47.7 Å². The molecule has 0 bridgehead atoms. The zero-order chi connectivity index (χ0) is 17.0. The summed E-state index contributed by atoms with van der Waals surface area (Å²) < 4.78 is 28.2. The van der Waals surface area contributed by atoms with Gasteiger partial charge in [0.2, 0.25) is 0 Å². The molecule has 0 atom stereocenters. The van der Waals surface area contributed by atoms with E-state index in [1.54, 1.807) is 26.1 Å². The fourth-order valence-corrected chi connectivity index (χ4v) is 3.86. The van der Waals surface area contributed by atoms with Crippen LogP contribution >= 0.6 is 0 Å². The molecular formula is C15H19N3O4S. The number of carboxylic acid groups (broad SMARTS) is 1. The molecule has 8 heteroatoms. The summed E-state index contributed by atoms with van der Waals surface area (Å²) in [4.78, 5) is 10.9. The second-order valence-corrected chi connectivity index (χ2v) is 7.10. The van der Waals surface area contributed by atoms with Gasteiger partial charge in [-0.05, 0) is 18.6 Å². The van der Waals surface area contributed by atoms with Crippen LogP contribution in [-0.4, -0.2) is 40.1 Å². The number of aromatic nitrogens is 2. The molecular weight excluding hydrogens is 318 g/mol. The largest absolute Gasteiger partial charge is 0.481 e. The standard InChI is InChI=1S/C15H19N3O4S/c1-12-10-14(17(2)16-12)23(21,22)18(9-8-15(19)20)11-13-6-4-3-5-7-13/h3-7,10H,8-9,11H2,1-2H3,(H,19,20). The summed E-state index contributed by atoms with van der Waals surface area (Å²) in [6.07, 6.45) is -0.261. The lowest BCUT2D eigenvalue weighted by Gasteiger charge is -2.21. The van der Waals surface area contributed by atoms with Gasteiger partial charge in [-0.15, -0.1) is 0 Å². The van der Waals surface area contributed by atoms with Gasteiger partial charge in [-0.2, -0.15) is 9.40 Å². The van der Waals surface area contributed by atoms with E-state index in [2.05, 4.69) is 5.10 Å². The van der Waals surface area contributed by atoms with Crippen molar-refractivity contribution in [2.75, 3.05) is 6.54 Å². The molecule has 1 heterocycles. The van der Waals surface area contributed by atoms with Crippen LogP contribution in [-0.2, 0) is 28.4 Å². The summed E-state index contributed by atoms with van der Waals surface area (Å²) >= 11 is 0. The highest BCUT2D eigenvalue weighted by Crippen LogP contribution is 2.19. The van der Waals surface area contributed by atoms with Crippen molar-refractivity contribution in [2.45, 2.75) is 24.9 Å². The molecule has 0 unspecified atom stereocenters. The summed E-state index contributed by atoms with van der Waals surface area (Å²) in [5.74, 6) is -1.04. The highest BCUT2D eigenvalue weighted by Gasteiger charge is 2.28. The molecule has 0 radical (unpaired) electrons. The fraction of sp³-hybridized carbons (Fsp3) is 0.333. The van der Waals surface area contributed by atoms with Crippen LogP contribution in [0.3, 0.4) is 0 Å². The number of carboxylic acids is 1. The van der Waals surface area contributed by atoms with Gasteiger partial charge in [0.25, 0.3) is 10.0 Å². The van der Waals surface area contributed by atoms with Crippen LogP contribution in [0.2, 0.25) is 0 Å². The van der Waals surface area contributed by atoms with E-state index in [-0.39, 0.29) is 24.5 Å². The number of aryl methyl sites for hydroxylation is 2. The molecule has 0 aliphatic rings. The average molecular weight is 337 g/mol. The summed E-state index contributed by atoms with van der Waals surface area (Å²) in [6.45, 7) is 1.72. The van der Waals surface area contributed by atoms with Gasteiger partial charge in [0, 0.05) is 20.1 Å². The second-order valence-electron chi connectivity index (χ2n) is 5.22. The Hall–Kier alpha value is -2.19. The third-order valence-corrected chi connectivity index (χ3v) is 5.24. The maximum absolute atomic E-state index is 12.9. The van der Waals surface area contributed by atoms with Gasteiger partial charge in [-0.25, -0.2) is 8.42 Å². The van der Waals surface area contributed by atoms with E-state index in [1.807, 2.05) is 18.2 Å². The lowest BCUT2D eigenvalue weighted by Crippen LogP contribution is -2.33. The predicted octanol–water partition coefficient (Wildman–Crippen LogP) is 1.39. The molecule has 23 heavy (non-hydrogen) atoms. The minimum absolute atomic E-state index is 0.0521. The molecule has 0 fully saturated rings. The van der Waals surface area contributed by atoms with E-state index < -0.39 is 16.0 Å². The number of benzene rings is 1. The third kappa shape index (κ3) is 4.17. The summed E-state index contributed by atoms with van der Waals surface area (Å²) in [5, 5.41) is 13.0. The van der Waals surface area contributed by atoms with Gasteiger partial charge in [-0.3, -0.25) is 9.48 Å². The van der Waals surface area contributed by atoms with Gasteiger partial charge < -0.3 is 5.11 Å². The molecule has 7 nitrogen and oxygen atoms in total. The summed E-state index contributed by atoms with van der Waals surface area (Å²) in [6, 6.07) is 10.5. The number of carbonyl (C=O) groups is 1. The topological polar surface area (TPSA) is 92.5 Å². The van der Waals surface area contributed by atoms with E-state index in [0.29, 0.717) is 5.69 Å². The molecule has 0 spiro atoms. The van der Waals surface area contributed by atoms with E-state index in [4.69, 9.17) is 5.11 Å². The predicted molar refractivity (Wildman–Crippen MR) is 84.2 cm³/mol. The minimum Gasteiger partial charge on any atom is -0.481 e. The first-order valence-corrected chi connectivity index (χ1v) is 8.51. The second kappa shape index (κ2) is 6.93. The van der Waals surface area contributed by atoms with Crippen LogP contribution in [0.4, 0.5) is 0 Å². The molecule has 124 valence electrons. The van der Waals surface area contributed by atoms with Crippen LogP contribution in [0.25, 0.3) is 0 Å². The average Bonchev–Trinajstić information content (AvgIpc) is 2.83. The first-order valence-electron chi connectivity index (χ1n) is 7.07. The van der Waals surface area contributed by atoms with Crippen molar-refractivity contribution >= 4 is 16.0 Å². The minimum atomic E-state index is -3.83. The monoisotopic (exact) mass is 337 g/mol. The van der Waals surface area contributed by atoms with E-state index in [9.17, 15) is 13.2 Å². The normalized spacial score (nSPS) is 11.8. The number of nitrogens with zero attached hydrogens (tertiary/aromatic N) is 3. The molecule has 1 aromatic carbocycles. The Kier molecular flexibility index (Phi) is 5.17. The molecule has 1 N–H and O–H groups in total. The summed E-state index contributed by atoms with van der Waals surface area (Å²) in [7, 11) is -2.28. The van der Waals surface area contributed by atoms with E-state index >= 15 is 0 Å². The molecule has 0 aliphatic heterocycles. The quantitative estimate of drug-likeness (QED) is 0.824. The summed E-state index contributed by atoms with van der Waals surface area (Å²) in [5.41, 5.74) is 1.38. The van der Waals surface area contributed by atoms with Crippen LogP contribution in [0.5, 0.6) is 0 Å². The Morgan fingerprint density at radius 2 is 1.96 bits per heavy atom. The number of rotatable bonds is 7. The lowest BCUT2D eigenvalue weighted by molar-refractivity contribution is -0.137. The number of aliphatic carboxylic acids is 1. The van der Waals surface area contributed by atoms with Gasteiger partial charge in [0.05, 0.1) is 12.1 Å². The van der Waals surface area contributed by atoms with Crippen molar-refractivity contribution in [3.8, 4) is 0 Å². The van der Waals surface area contributed by atoms with Crippen LogP contribution in [0, 0.1) is 6.92 Å². The number of sulfonamides is 1. The molecule has 0 aliphatic carbocycles. The van der Waals surface area contributed by atoms with Crippen LogP contribution in [0.1, 0.15) is 17.7 Å². The van der Waals surface area contributed by atoms with Crippen molar-refractivity contribution in [3.63, 3.8) is 0 Å². The van der Waals surface area contributed by atoms with E-state index in [1.165, 1.54) is 15.1 Å². The van der Waals surface area contributed by atoms with Gasteiger partial charge in [-0.1, -0.05) is 30.3 Å². The molecule has 0 saturated heterocycles. The zero-order valence-corrected chi connectivity index (χ0v) is 13.8. The smallest absolute Gasteiger partial charge is 0.304 e. The Bertz CT molecular complexity index is 784. The Labute approximate surface area is 135 Å². The maximum Gasteiger partial charge on any atom is 0.304 e. The van der Waals surface area contributed by atoms with E-state index in [0.717, 1.165) is 5.56 Å². The van der Waals surface area contributed by atoms with Crippen LogP contribution in [0.15, 0.2) is 41.4 Å². The molecule has 2 aromatic rings. The lowest BCUT2D eigenvalue weighted by atomic mass is 10.2. The molecule has 0 amide bonds. The molecule has 1 aromatic heterocycles. The van der Waals surface area contributed by atoms with Crippen molar-refractivity contribution in [1.29, 1.82) is 0 Å². The fourth-order valence-electron chi connectivity index (χ4n) is 2.25. The van der Waals surface area contributed by atoms with Crippen molar-refractivity contribution in [2.24, 2.45) is 7.05 Å². The van der Waals surface area contributed by atoms with Gasteiger partial charge in [0.1, 0.15) is 0 Å². The first kappa shape index (κ1) is 17.2. The Morgan fingerprint density at radius 3 is 2.48 bits per heavy atom. The van der Waals surface area contributed by atoms with Gasteiger partial charge >= 0.3 is 5.97 Å². The maximum atomic E-state index is 12.9. The SMILES string of the molecule is Cc1cc(S(=O)(=O)N(CCC(=O)O)Cc2ccccc2)n(C)n1. The van der Waals surface area contributed by atoms with Gasteiger partial charge in [0.15, 0.2) is 5.03 Å². The zero-order valence-electron chi connectivity index (χ0n) is 13.0. The highest BCUT2D eigenvalue weighted by molar-refractivity contribution is 7.89. The van der Waals surface area contributed by atoms with Crippen molar-refractivity contribution < 1.29 is 18.3 Å². The number of hydrogen-bond acceptors (Lipinski definition) is 4. The number of hydrogen-bond donors (Lipinski definition) is 1.